The normalized spacial score (nSPS) is 13.8. The summed E-state index contributed by atoms with van der Waals surface area (Å²) in [7, 11) is 0. The summed E-state index contributed by atoms with van der Waals surface area (Å²) in [4.78, 5) is 26.1. The van der Waals surface area contributed by atoms with E-state index in [1.165, 1.54) is 161 Å². The molecule has 3 N–H and O–H groups in total. The third-order valence-electron chi connectivity index (χ3n) is 11.9. The first-order valence-electron chi connectivity index (χ1n) is 26.7. The van der Waals surface area contributed by atoms with E-state index in [1.807, 2.05) is 54.7 Å². The van der Waals surface area contributed by atoms with Crippen LogP contribution in [-0.2, 0) is 14.3 Å². The molecule has 0 rings (SSSR count). The summed E-state index contributed by atoms with van der Waals surface area (Å²) in [6.45, 7) is 6.30. The smallest absolute Gasteiger partial charge is 0.306 e. The van der Waals surface area contributed by atoms with Crippen molar-refractivity contribution in [3.8, 4) is 0 Å². The third kappa shape index (κ3) is 45.7. The Morgan fingerprint density at radius 3 is 1.33 bits per heavy atom. The summed E-state index contributed by atoms with van der Waals surface area (Å²) in [6.07, 6.45) is 64.2. The summed E-state index contributed by atoms with van der Waals surface area (Å²) >= 11 is 0. The van der Waals surface area contributed by atoms with Gasteiger partial charge < -0.3 is 20.3 Å². The van der Waals surface area contributed by atoms with Crippen LogP contribution in [-0.4, -0.2) is 46.9 Å². The van der Waals surface area contributed by atoms with Crippen LogP contribution in [0.2, 0.25) is 0 Å². The van der Waals surface area contributed by atoms with Gasteiger partial charge in [0, 0.05) is 12.8 Å². The first-order chi connectivity index (χ1) is 31.0. The van der Waals surface area contributed by atoms with Crippen LogP contribution in [0.5, 0.6) is 0 Å². The van der Waals surface area contributed by atoms with Gasteiger partial charge in [-0.3, -0.25) is 9.59 Å². The van der Waals surface area contributed by atoms with Crippen molar-refractivity contribution in [2.24, 2.45) is 0 Å². The molecule has 0 aliphatic heterocycles. The van der Waals surface area contributed by atoms with Gasteiger partial charge >= 0.3 is 5.97 Å². The number of aliphatic hydroxyl groups is 2. The summed E-state index contributed by atoms with van der Waals surface area (Å²) in [6, 6.07) is -0.741. The van der Waals surface area contributed by atoms with Gasteiger partial charge in [-0.25, -0.2) is 0 Å². The number of allylic oxidation sites excluding steroid dienone is 11. The molecular formula is C57H101NO5. The number of rotatable bonds is 47. The number of ether oxygens (including phenoxy) is 1. The number of aliphatic hydroxyl groups excluding tert-OH is 2. The Kier molecular flexibility index (Phi) is 48.1. The van der Waals surface area contributed by atoms with E-state index in [4.69, 9.17) is 4.74 Å². The highest BCUT2D eigenvalue weighted by molar-refractivity contribution is 5.77. The van der Waals surface area contributed by atoms with Gasteiger partial charge in [0.15, 0.2) is 0 Å². The van der Waals surface area contributed by atoms with Gasteiger partial charge in [0.1, 0.15) is 6.10 Å². The molecule has 1 amide bonds. The number of hydrogen-bond acceptors (Lipinski definition) is 5. The molecule has 0 aliphatic carbocycles. The van der Waals surface area contributed by atoms with Crippen molar-refractivity contribution < 1.29 is 24.5 Å². The Morgan fingerprint density at radius 2 is 0.889 bits per heavy atom. The van der Waals surface area contributed by atoms with E-state index in [1.54, 1.807) is 0 Å². The van der Waals surface area contributed by atoms with Gasteiger partial charge in [-0.15, -0.1) is 0 Å². The SMILES string of the molecule is CC/C=C/C=C/C=C\C=C/C=C/CC(CC(=O)NC(CO)C(O)CCCCCCCCCCCCCCCC)OC(=O)CCCCCCCCCCC/C=C/CCCCCCCC. The first-order valence-corrected chi connectivity index (χ1v) is 26.7. The quantitative estimate of drug-likeness (QED) is 0.0245. The van der Waals surface area contributed by atoms with Crippen LogP contribution in [0, 0.1) is 0 Å². The van der Waals surface area contributed by atoms with Crippen LogP contribution >= 0.6 is 0 Å². The molecule has 63 heavy (non-hydrogen) atoms. The third-order valence-corrected chi connectivity index (χ3v) is 11.9. The second-order valence-corrected chi connectivity index (χ2v) is 18.0. The Labute approximate surface area is 390 Å². The lowest BCUT2D eigenvalue weighted by atomic mass is 10.0. The van der Waals surface area contributed by atoms with Gasteiger partial charge in [-0.2, -0.15) is 0 Å². The molecule has 0 saturated heterocycles. The lowest BCUT2D eigenvalue weighted by Gasteiger charge is -2.24. The van der Waals surface area contributed by atoms with Gasteiger partial charge in [0.25, 0.3) is 0 Å². The van der Waals surface area contributed by atoms with Gasteiger partial charge in [0.05, 0.1) is 25.2 Å². The fourth-order valence-corrected chi connectivity index (χ4v) is 7.86. The number of hydrogen-bond donors (Lipinski definition) is 3. The molecule has 0 radical (unpaired) electrons. The minimum atomic E-state index is -0.820. The zero-order valence-corrected chi connectivity index (χ0v) is 41.4. The number of amides is 1. The van der Waals surface area contributed by atoms with Crippen molar-refractivity contribution in [1.29, 1.82) is 0 Å². The van der Waals surface area contributed by atoms with E-state index in [-0.39, 0.29) is 24.9 Å². The summed E-state index contributed by atoms with van der Waals surface area (Å²) in [5.41, 5.74) is 0. The number of nitrogens with one attached hydrogen (secondary N) is 1. The van der Waals surface area contributed by atoms with Crippen molar-refractivity contribution in [2.45, 2.75) is 270 Å². The van der Waals surface area contributed by atoms with Gasteiger partial charge in [-0.1, -0.05) is 261 Å². The lowest BCUT2D eigenvalue weighted by Crippen LogP contribution is -2.46. The molecule has 0 fully saturated rings. The molecule has 0 saturated carbocycles. The van der Waals surface area contributed by atoms with Crippen LogP contribution in [0.25, 0.3) is 0 Å². The minimum Gasteiger partial charge on any atom is -0.461 e. The Morgan fingerprint density at radius 1 is 0.492 bits per heavy atom. The molecule has 3 unspecified atom stereocenters. The van der Waals surface area contributed by atoms with E-state index in [9.17, 15) is 19.8 Å². The van der Waals surface area contributed by atoms with Crippen LogP contribution in [0.3, 0.4) is 0 Å². The zero-order valence-electron chi connectivity index (χ0n) is 41.4. The van der Waals surface area contributed by atoms with Crippen molar-refractivity contribution in [3.05, 3.63) is 72.9 Å². The van der Waals surface area contributed by atoms with Gasteiger partial charge in [0.2, 0.25) is 5.91 Å². The molecule has 6 nitrogen and oxygen atoms in total. The maximum atomic E-state index is 13.2. The topological polar surface area (TPSA) is 95.9 Å². The maximum absolute atomic E-state index is 13.2. The predicted molar refractivity (Wildman–Crippen MR) is 273 cm³/mol. The molecule has 0 heterocycles. The second-order valence-electron chi connectivity index (χ2n) is 18.0. The average molecular weight is 880 g/mol. The first kappa shape index (κ1) is 60.3. The predicted octanol–water partition coefficient (Wildman–Crippen LogP) is 16.2. The summed E-state index contributed by atoms with van der Waals surface area (Å²) in [5.74, 6) is -0.608. The Balaban J connectivity index is 4.57. The van der Waals surface area contributed by atoms with Crippen molar-refractivity contribution in [1.82, 2.24) is 5.32 Å². The highest BCUT2D eigenvalue weighted by Crippen LogP contribution is 2.17. The molecule has 0 bridgehead atoms. The summed E-state index contributed by atoms with van der Waals surface area (Å²) < 4.78 is 5.85. The van der Waals surface area contributed by atoms with E-state index >= 15 is 0 Å². The highest BCUT2D eigenvalue weighted by atomic mass is 16.5. The molecular weight excluding hydrogens is 779 g/mol. The number of carbonyl (C=O) groups is 2. The zero-order chi connectivity index (χ0) is 45.9. The second kappa shape index (κ2) is 50.3. The molecule has 0 aromatic carbocycles. The Bertz CT molecular complexity index is 1170. The molecule has 0 spiro atoms. The molecule has 0 aromatic rings. The van der Waals surface area contributed by atoms with Crippen LogP contribution in [0.4, 0.5) is 0 Å². The molecule has 0 aliphatic rings. The molecule has 0 aromatic heterocycles. The number of unbranched alkanes of at least 4 members (excludes halogenated alkanes) is 28. The largest absolute Gasteiger partial charge is 0.461 e. The lowest BCUT2D eigenvalue weighted by molar-refractivity contribution is -0.150. The van der Waals surface area contributed by atoms with Crippen LogP contribution in [0.15, 0.2) is 72.9 Å². The highest BCUT2D eigenvalue weighted by Gasteiger charge is 2.23. The average Bonchev–Trinajstić information content (AvgIpc) is 3.28. The fraction of sp³-hybridized carbons (Fsp3) is 0.754. The van der Waals surface area contributed by atoms with Crippen LogP contribution in [0.1, 0.15) is 252 Å². The van der Waals surface area contributed by atoms with E-state index in [0.29, 0.717) is 19.3 Å². The standard InChI is InChI=1S/C57H101NO5/c1-4-7-10-13-16-19-22-24-26-27-28-29-30-32-35-38-41-44-47-50-57(62)63-53(48-45-42-39-36-33-21-18-15-12-9-6-3)51-56(61)58-54(52-59)55(60)49-46-43-40-37-34-31-25-23-20-17-14-11-8-5-2/h9,12,15,18,21,24,26,33,36,39,42,45,53-55,59-60H,4-8,10-11,13-14,16-17,19-20,22-23,25,27-32,34-35,37-38,40-41,43-44,46-52H2,1-3H3,(H,58,61)/b12-9+,18-15+,26-24+,33-21-,39-36-,45-42+. The molecule has 3 atom stereocenters. The van der Waals surface area contributed by atoms with E-state index < -0.39 is 18.2 Å². The molecule has 364 valence electrons. The van der Waals surface area contributed by atoms with E-state index in [0.717, 1.165) is 44.9 Å². The van der Waals surface area contributed by atoms with Gasteiger partial charge in [-0.05, 0) is 44.9 Å². The maximum Gasteiger partial charge on any atom is 0.306 e. The van der Waals surface area contributed by atoms with Crippen LogP contribution < -0.4 is 5.32 Å². The van der Waals surface area contributed by atoms with Crippen molar-refractivity contribution >= 4 is 11.9 Å². The summed E-state index contributed by atoms with van der Waals surface area (Å²) in [5, 5.41) is 23.7. The minimum absolute atomic E-state index is 0.0205. The Hall–Kier alpha value is -2.70. The van der Waals surface area contributed by atoms with E-state index in [2.05, 4.69) is 44.3 Å². The fourth-order valence-electron chi connectivity index (χ4n) is 7.86. The monoisotopic (exact) mass is 880 g/mol. The van der Waals surface area contributed by atoms with Crippen molar-refractivity contribution in [3.63, 3.8) is 0 Å². The molecule has 6 heteroatoms. The number of esters is 1. The van der Waals surface area contributed by atoms with Crippen molar-refractivity contribution in [2.75, 3.05) is 6.61 Å². The number of carbonyl (C=O) groups excluding carboxylic acids is 2.